The second-order valence-electron chi connectivity index (χ2n) is 6.50. The first-order valence-electron chi connectivity index (χ1n) is 8.29. The monoisotopic (exact) mass is 288 g/mol. The van der Waals surface area contributed by atoms with Crippen molar-refractivity contribution in [1.82, 2.24) is 0 Å². The number of nitrogens with zero attached hydrogens (tertiary/aromatic N) is 1. The second-order valence-corrected chi connectivity index (χ2v) is 6.50. The summed E-state index contributed by atoms with van der Waals surface area (Å²) < 4.78 is 11.4. The molecule has 2 N–H and O–H groups in total. The highest BCUT2D eigenvalue weighted by Crippen LogP contribution is 2.43. The number of hydrogen-bond acceptors (Lipinski definition) is 4. The van der Waals surface area contributed by atoms with Crippen molar-refractivity contribution in [2.45, 2.75) is 44.6 Å². The number of fused-ring (bicyclic) bond motifs is 2. The summed E-state index contributed by atoms with van der Waals surface area (Å²) in [7, 11) is 0. The fourth-order valence-corrected chi connectivity index (χ4v) is 4.27. The summed E-state index contributed by atoms with van der Waals surface area (Å²) in [5.74, 6) is 2.49. The molecule has 1 aromatic carbocycles. The third-order valence-corrected chi connectivity index (χ3v) is 5.24. The van der Waals surface area contributed by atoms with E-state index >= 15 is 0 Å². The van der Waals surface area contributed by atoms with Crippen molar-refractivity contribution >= 4 is 11.4 Å². The Morgan fingerprint density at radius 2 is 1.67 bits per heavy atom. The lowest BCUT2D eigenvalue weighted by Crippen LogP contribution is -2.47. The SMILES string of the molecule is Nc1cc2c(cc1N1CCCC3CCCCC31)OCCO2. The van der Waals surface area contributed by atoms with Gasteiger partial charge in [-0.15, -0.1) is 0 Å². The Balaban J connectivity index is 1.68. The number of rotatable bonds is 1. The third-order valence-electron chi connectivity index (χ3n) is 5.24. The smallest absolute Gasteiger partial charge is 0.163 e. The van der Waals surface area contributed by atoms with Gasteiger partial charge in [0, 0.05) is 24.7 Å². The van der Waals surface area contributed by atoms with Crippen LogP contribution in [0.5, 0.6) is 11.5 Å². The normalized spacial score (nSPS) is 28.1. The number of anilines is 2. The number of benzene rings is 1. The van der Waals surface area contributed by atoms with Crippen LogP contribution in [-0.4, -0.2) is 25.8 Å². The summed E-state index contributed by atoms with van der Waals surface area (Å²) >= 11 is 0. The summed E-state index contributed by atoms with van der Waals surface area (Å²) in [6.07, 6.45) is 8.08. The Hall–Kier alpha value is -1.58. The molecule has 3 aliphatic rings. The van der Waals surface area contributed by atoms with Crippen LogP contribution in [0.1, 0.15) is 38.5 Å². The Morgan fingerprint density at radius 3 is 2.52 bits per heavy atom. The largest absolute Gasteiger partial charge is 0.486 e. The van der Waals surface area contributed by atoms with Crippen LogP contribution in [0.4, 0.5) is 11.4 Å². The quantitative estimate of drug-likeness (QED) is 0.806. The van der Waals surface area contributed by atoms with Gasteiger partial charge in [-0.3, -0.25) is 0 Å². The molecule has 4 nitrogen and oxygen atoms in total. The van der Waals surface area contributed by atoms with E-state index < -0.39 is 0 Å². The van der Waals surface area contributed by atoms with Crippen molar-refractivity contribution < 1.29 is 9.47 Å². The highest BCUT2D eigenvalue weighted by molar-refractivity contribution is 5.74. The molecule has 0 radical (unpaired) electrons. The molecular weight excluding hydrogens is 264 g/mol. The molecule has 0 aromatic heterocycles. The van der Waals surface area contributed by atoms with E-state index in [4.69, 9.17) is 15.2 Å². The Morgan fingerprint density at radius 1 is 0.952 bits per heavy atom. The highest BCUT2D eigenvalue weighted by Gasteiger charge is 2.34. The van der Waals surface area contributed by atoms with E-state index in [0.29, 0.717) is 19.3 Å². The van der Waals surface area contributed by atoms with E-state index in [1.54, 1.807) is 0 Å². The van der Waals surface area contributed by atoms with Gasteiger partial charge in [0.05, 0.1) is 11.4 Å². The van der Waals surface area contributed by atoms with Gasteiger partial charge in [0.25, 0.3) is 0 Å². The Bertz CT molecular complexity index is 530. The minimum atomic E-state index is 0.611. The lowest BCUT2D eigenvalue weighted by Gasteiger charge is -2.46. The molecule has 0 spiro atoms. The van der Waals surface area contributed by atoms with Crippen molar-refractivity contribution in [1.29, 1.82) is 0 Å². The molecular formula is C17H24N2O2. The predicted octanol–water partition coefficient (Wildman–Crippen LogP) is 3.20. The number of nitrogen functional groups attached to an aromatic ring is 1. The van der Waals surface area contributed by atoms with Crippen LogP contribution in [0.25, 0.3) is 0 Å². The molecule has 2 aliphatic heterocycles. The van der Waals surface area contributed by atoms with Gasteiger partial charge >= 0.3 is 0 Å². The standard InChI is InChI=1S/C17H24N2O2/c18-13-10-16-17(21-9-8-20-16)11-15(13)19-7-3-5-12-4-1-2-6-14(12)19/h10-12,14H,1-9,18H2. The molecule has 2 fully saturated rings. The first-order chi connectivity index (χ1) is 10.3. The van der Waals surface area contributed by atoms with Crippen LogP contribution in [0.2, 0.25) is 0 Å². The predicted molar refractivity (Wildman–Crippen MR) is 84.2 cm³/mol. The second kappa shape index (κ2) is 5.32. The molecule has 1 saturated carbocycles. The zero-order valence-electron chi connectivity index (χ0n) is 12.5. The highest BCUT2D eigenvalue weighted by atomic mass is 16.6. The van der Waals surface area contributed by atoms with Gasteiger partial charge in [-0.25, -0.2) is 0 Å². The minimum absolute atomic E-state index is 0.611. The summed E-state index contributed by atoms with van der Waals surface area (Å²) in [6.45, 7) is 2.35. The molecule has 2 atom stereocenters. The first-order valence-corrected chi connectivity index (χ1v) is 8.29. The average molecular weight is 288 g/mol. The summed E-state index contributed by atoms with van der Waals surface area (Å²) in [5.41, 5.74) is 8.29. The van der Waals surface area contributed by atoms with Crippen molar-refractivity contribution in [3.05, 3.63) is 12.1 Å². The maximum absolute atomic E-state index is 6.32. The Labute approximate surface area is 126 Å². The van der Waals surface area contributed by atoms with Crippen molar-refractivity contribution in [3.8, 4) is 11.5 Å². The van der Waals surface area contributed by atoms with Crippen molar-refractivity contribution in [2.24, 2.45) is 5.92 Å². The minimum Gasteiger partial charge on any atom is -0.486 e. The summed E-state index contributed by atoms with van der Waals surface area (Å²) in [6, 6.07) is 4.70. The van der Waals surface area contributed by atoms with Gasteiger partial charge < -0.3 is 20.1 Å². The van der Waals surface area contributed by atoms with Crippen LogP contribution >= 0.6 is 0 Å². The molecule has 1 saturated heterocycles. The maximum Gasteiger partial charge on any atom is 0.163 e. The molecule has 0 bridgehead atoms. The van der Waals surface area contributed by atoms with E-state index in [2.05, 4.69) is 11.0 Å². The van der Waals surface area contributed by atoms with Gasteiger partial charge in [-0.05, 0) is 31.6 Å². The lowest BCUT2D eigenvalue weighted by atomic mass is 9.78. The zero-order valence-corrected chi connectivity index (χ0v) is 12.5. The van der Waals surface area contributed by atoms with E-state index in [1.165, 1.54) is 38.5 Å². The van der Waals surface area contributed by atoms with Gasteiger partial charge in [0.1, 0.15) is 13.2 Å². The van der Waals surface area contributed by atoms with Crippen LogP contribution in [0.3, 0.4) is 0 Å². The van der Waals surface area contributed by atoms with Gasteiger partial charge in [0.15, 0.2) is 11.5 Å². The van der Waals surface area contributed by atoms with Gasteiger partial charge in [-0.2, -0.15) is 0 Å². The van der Waals surface area contributed by atoms with E-state index in [-0.39, 0.29) is 0 Å². The number of hydrogen-bond donors (Lipinski definition) is 1. The van der Waals surface area contributed by atoms with Gasteiger partial charge in [-0.1, -0.05) is 12.8 Å². The van der Waals surface area contributed by atoms with Crippen molar-refractivity contribution in [2.75, 3.05) is 30.4 Å². The van der Waals surface area contributed by atoms with E-state index in [1.807, 2.05) is 6.07 Å². The maximum atomic E-state index is 6.32. The molecule has 0 amide bonds. The number of ether oxygens (including phenoxy) is 2. The van der Waals surface area contributed by atoms with Crippen LogP contribution in [0.15, 0.2) is 12.1 Å². The summed E-state index contributed by atoms with van der Waals surface area (Å²) in [4.78, 5) is 2.54. The molecule has 4 heteroatoms. The molecule has 21 heavy (non-hydrogen) atoms. The van der Waals surface area contributed by atoms with Gasteiger partial charge in [0.2, 0.25) is 0 Å². The lowest BCUT2D eigenvalue weighted by molar-refractivity contribution is 0.171. The molecule has 2 heterocycles. The van der Waals surface area contributed by atoms with E-state index in [0.717, 1.165) is 35.3 Å². The van der Waals surface area contributed by atoms with Crippen LogP contribution in [0, 0.1) is 5.92 Å². The molecule has 114 valence electrons. The van der Waals surface area contributed by atoms with E-state index in [9.17, 15) is 0 Å². The fraction of sp³-hybridized carbons (Fsp3) is 0.647. The molecule has 1 aliphatic carbocycles. The van der Waals surface area contributed by atoms with Crippen LogP contribution in [-0.2, 0) is 0 Å². The molecule has 2 unspecified atom stereocenters. The number of nitrogens with two attached hydrogens (primary N) is 1. The average Bonchev–Trinajstić information content (AvgIpc) is 2.54. The zero-order chi connectivity index (χ0) is 14.2. The van der Waals surface area contributed by atoms with Crippen molar-refractivity contribution in [3.63, 3.8) is 0 Å². The summed E-state index contributed by atoms with van der Waals surface area (Å²) in [5, 5.41) is 0. The number of piperidine rings is 1. The third kappa shape index (κ3) is 2.30. The fourth-order valence-electron chi connectivity index (χ4n) is 4.27. The first kappa shape index (κ1) is 13.1. The molecule has 4 rings (SSSR count). The Kier molecular flexibility index (Phi) is 3.32. The molecule has 1 aromatic rings. The topological polar surface area (TPSA) is 47.7 Å². The van der Waals surface area contributed by atoms with Crippen LogP contribution < -0.4 is 20.1 Å².